The molecule has 0 bridgehead atoms. The fourth-order valence-electron chi connectivity index (χ4n) is 2.22. The molecule has 1 aliphatic rings. The molecule has 2 N–H and O–H groups in total. The zero-order valence-electron chi connectivity index (χ0n) is 10.9. The smallest absolute Gasteiger partial charge is 0.162 e. The summed E-state index contributed by atoms with van der Waals surface area (Å²) < 4.78 is 13.2. The summed E-state index contributed by atoms with van der Waals surface area (Å²) in [6.45, 7) is 4.58. The quantitative estimate of drug-likeness (QED) is 0.909. The highest BCUT2D eigenvalue weighted by Crippen LogP contribution is 2.34. The average Bonchev–Trinajstić information content (AvgIpc) is 2.80. The SMILES string of the molecule is Cc1nc(-c2ccc3c(c2)OCCO3)cn1CCN. The Balaban J connectivity index is 1.95. The maximum atomic E-state index is 5.59. The van der Waals surface area contributed by atoms with Crippen molar-refractivity contribution >= 4 is 0 Å². The second-order valence-electron chi connectivity index (χ2n) is 4.51. The summed E-state index contributed by atoms with van der Waals surface area (Å²) in [5.41, 5.74) is 7.55. The first-order chi connectivity index (χ1) is 9.28. The van der Waals surface area contributed by atoms with Gasteiger partial charge >= 0.3 is 0 Å². The molecule has 1 aromatic carbocycles. The minimum atomic E-state index is 0.594. The van der Waals surface area contributed by atoms with Crippen LogP contribution in [0, 0.1) is 6.92 Å². The van der Waals surface area contributed by atoms with Crippen LogP contribution in [0.1, 0.15) is 5.82 Å². The lowest BCUT2D eigenvalue weighted by atomic mass is 10.1. The molecule has 0 saturated carbocycles. The maximum absolute atomic E-state index is 5.59. The van der Waals surface area contributed by atoms with E-state index >= 15 is 0 Å². The van der Waals surface area contributed by atoms with E-state index in [1.54, 1.807) is 0 Å². The molecule has 0 radical (unpaired) electrons. The van der Waals surface area contributed by atoms with Gasteiger partial charge in [0.05, 0.1) is 5.69 Å². The van der Waals surface area contributed by atoms with Gasteiger partial charge in [-0.1, -0.05) is 0 Å². The number of rotatable bonds is 3. The summed E-state index contributed by atoms with van der Waals surface area (Å²) in [6, 6.07) is 5.91. The Labute approximate surface area is 112 Å². The predicted octanol–water partition coefficient (Wildman–Crippen LogP) is 1.59. The first kappa shape index (κ1) is 12.0. The number of nitrogens with two attached hydrogens (primary N) is 1. The highest BCUT2D eigenvalue weighted by molar-refractivity contribution is 5.64. The van der Waals surface area contributed by atoms with Gasteiger partial charge in [0.15, 0.2) is 11.5 Å². The van der Waals surface area contributed by atoms with Crippen LogP contribution >= 0.6 is 0 Å². The van der Waals surface area contributed by atoms with Crippen molar-refractivity contribution in [2.24, 2.45) is 5.73 Å². The molecule has 0 amide bonds. The molecule has 0 atom stereocenters. The highest BCUT2D eigenvalue weighted by Gasteiger charge is 2.14. The van der Waals surface area contributed by atoms with Crippen molar-refractivity contribution in [2.45, 2.75) is 13.5 Å². The Hall–Kier alpha value is -2.01. The van der Waals surface area contributed by atoms with Crippen molar-refractivity contribution in [3.05, 3.63) is 30.2 Å². The fourth-order valence-corrected chi connectivity index (χ4v) is 2.22. The summed E-state index contributed by atoms with van der Waals surface area (Å²) >= 11 is 0. The molecule has 1 aliphatic heterocycles. The molecule has 0 fully saturated rings. The molecule has 5 nitrogen and oxygen atoms in total. The first-order valence-electron chi connectivity index (χ1n) is 6.42. The Bertz CT molecular complexity index is 592. The number of aromatic nitrogens is 2. The summed E-state index contributed by atoms with van der Waals surface area (Å²) in [5, 5.41) is 0. The number of nitrogens with zero attached hydrogens (tertiary/aromatic N) is 2. The minimum Gasteiger partial charge on any atom is -0.486 e. The lowest BCUT2D eigenvalue weighted by Gasteiger charge is -2.18. The Kier molecular flexibility index (Phi) is 3.13. The van der Waals surface area contributed by atoms with Crippen LogP contribution in [-0.4, -0.2) is 29.3 Å². The van der Waals surface area contributed by atoms with Crippen molar-refractivity contribution in [1.82, 2.24) is 9.55 Å². The molecule has 19 heavy (non-hydrogen) atoms. The molecule has 100 valence electrons. The zero-order chi connectivity index (χ0) is 13.2. The van der Waals surface area contributed by atoms with E-state index in [0.717, 1.165) is 35.1 Å². The standard InChI is InChI=1S/C14H17N3O2/c1-10-16-12(9-17(10)5-4-15)11-2-3-13-14(8-11)19-7-6-18-13/h2-3,8-9H,4-7,15H2,1H3. The predicted molar refractivity (Wildman–Crippen MR) is 72.4 cm³/mol. The van der Waals surface area contributed by atoms with E-state index in [4.69, 9.17) is 15.2 Å². The second-order valence-corrected chi connectivity index (χ2v) is 4.51. The molecule has 3 rings (SSSR count). The van der Waals surface area contributed by atoms with Crippen LogP contribution in [0.15, 0.2) is 24.4 Å². The van der Waals surface area contributed by atoms with Crippen LogP contribution in [0.2, 0.25) is 0 Å². The Morgan fingerprint density at radius 1 is 1.26 bits per heavy atom. The van der Waals surface area contributed by atoms with Gasteiger partial charge in [-0.3, -0.25) is 0 Å². The number of aryl methyl sites for hydroxylation is 1. The van der Waals surface area contributed by atoms with E-state index in [2.05, 4.69) is 9.55 Å². The van der Waals surface area contributed by atoms with Gasteiger partial charge in [0.2, 0.25) is 0 Å². The van der Waals surface area contributed by atoms with Crippen LogP contribution in [-0.2, 0) is 6.54 Å². The maximum Gasteiger partial charge on any atom is 0.162 e. The summed E-state index contributed by atoms with van der Waals surface area (Å²) in [4.78, 5) is 4.56. The van der Waals surface area contributed by atoms with Gasteiger partial charge < -0.3 is 19.8 Å². The van der Waals surface area contributed by atoms with Gasteiger partial charge in [0.25, 0.3) is 0 Å². The summed E-state index contributed by atoms with van der Waals surface area (Å²) in [6.07, 6.45) is 2.02. The molecule has 0 unspecified atom stereocenters. The second kappa shape index (κ2) is 4.93. The Morgan fingerprint density at radius 3 is 2.84 bits per heavy atom. The molecule has 2 aromatic rings. The number of hydrogen-bond donors (Lipinski definition) is 1. The molecular formula is C14H17N3O2. The van der Waals surface area contributed by atoms with Crippen LogP contribution in [0.5, 0.6) is 11.5 Å². The van der Waals surface area contributed by atoms with Crippen LogP contribution in [0.25, 0.3) is 11.3 Å². The third-order valence-electron chi connectivity index (χ3n) is 3.18. The third-order valence-corrected chi connectivity index (χ3v) is 3.18. The number of hydrogen-bond acceptors (Lipinski definition) is 4. The lowest BCUT2D eigenvalue weighted by molar-refractivity contribution is 0.171. The monoisotopic (exact) mass is 259 g/mol. The van der Waals surface area contributed by atoms with Crippen LogP contribution in [0.3, 0.4) is 0 Å². The number of fused-ring (bicyclic) bond motifs is 1. The largest absolute Gasteiger partial charge is 0.486 e. The normalized spacial score (nSPS) is 13.6. The zero-order valence-corrected chi connectivity index (χ0v) is 10.9. The van der Waals surface area contributed by atoms with Gasteiger partial charge in [0.1, 0.15) is 19.0 Å². The van der Waals surface area contributed by atoms with Crippen molar-refractivity contribution in [2.75, 3.05) is 19.8 Å². The molecule has 0 saturated heterocycles. The molecule has 1 aromatic heterocycles. The van der Waals surface area contributed by atoms with Gasteiger partial charge in [0, 0.05) is 24.8 Å². The number of benzene rings is 1. The van der Waals surface area contributed by atoms with E-state index in [9.17, 15) is 0 Å². The molecule has 2 heterocycles. The third kappa shape index (κ3) is 2.29. The molecule has 0 aliphatic carbocycles. The van der Waals surface area contributed by atoms with Crippen molar-refractivity contribution in [1.29, 1.82) is 0 Å². The van der Waals surface area contributed by atoms with Gasteiger partial charge in [-0.25, -0.2) is 4.98 Å². The number of ether oxygens (including phenoxy) is 2. The van der Waals surface area contributed by atoms with E-state index < -0.39 is 0 Å². The topological polar surface area (TPSA) is 62.3 Å². The van der Waals surface area contributed by atoms with E-state index in [0.29, 0.717) is 19.8 Å². The Morgan fingerprint density at radius 2 is 2.05 bits per heavy atom. The summed E-state index contributed by atoms with van der Waals surface area (Å²) in [5.74, 6) is 2.55. The molecular weight excluding hydrogens is 242 g/mol. The van der Waals surface area contributed by atoms with Crippen LogP contribution in [0.4, 0.5) is 0 Å². The fraction of sp³-hybridized carbons (Fsp3) is 0.357. The number of imidazole rings is 1. The molecule has 0 spiro atoms. The highest BCUT2D eigenvalue weighted by atomic mass is 16.6. The average molecular weight is 259 g/mol. The van der Waals surface area contributed by atoms with Gasteiger partial charge in [-0.2, -0.15) is 0 Å². The van der Waals surface area contributed by atoms with Crippen molar-refractivity contribution in [3.8, 4) is 22.8 Å². The van der Waals surface area contributed by atoms with Crippen molar-refractivity contribution < 1.29 is 9.47 Å². The molecule has 5 heteroatoms. The van der Waals surface area contributed by atoms with E-state index in [1.165, 1.54) is 0 Å². The van der Waals surface area contributed by atoms with Crippen LogP contribution < -0.4 is 15.2 Å². The van der Waals surface area contributed by atoms with E-state index in [-0.39, 0.29) is 0 Å². The van der Waals surface area contributed by atoms with Gasteiger partial charge in [-0.05, 0) is 25.1 Å². The minimum absolute atomic E-state index is 0.594. The summed E-state index contributed by atoms with van der Waals surface area (Å²) in [7, 11) is 0. The first-order valence-corrected chi connectivity index (χ1v) is 6.42. The van der Waals surface area contributed by atoms with Crippen molar-refractivity contribution in [3.63, 3.8) is 0 Å². The van der Waals surface area contributed by atoms with Gasteiger partial charge in [-0.15, -0.1) is 0 Å². The van der Waals surface area contributed by atoms with E-state index in [1.807, 2.05) is 31.3 Å². The lowest BCUT2D eigenvalue weighted by Crippen LogP contribution is -2.15.